The van der Waals surface area contributed by atoms with Crippen LogP contribution in [-0.2, 0) is 27.3 Å². The average Bonchev–Trinajstić information content (AvgIpc) is 2.72. The molecular weight excluding hydrogens is 505 g/mol. The molecule has 0 bridgehead atoms. The molecule has 0 amide bonds. The molecule has 1 fully saturated rings. The Morgan fingerprint density at radius 2 is 1.40 bits per heavy atom. The van der Waals surface area contributed by atoms with Crippen molar-refractivity contribution in [2.24, 2.45) is 5.73 Å². The Kier molecular flexibility index (Phi) is 12.4. The Morgan fingerprint density at radius 1 is 0.933 bits per heavy atom. The van der Waals surface area contributed by atoms with Crippen LogP contribution in [0, 0.1) is 13.8 Å². The summed E-state index contributed by atoms with van der Waals surface area (Å²) in [5.74, 6) is 0.653. The van der Waals surface area contributed by atoms with E-state index >= 15 is 0 Å². The second-order valence-corrected chi connectivity index (χ2v) is 9.61. The maximum absolute atomic E-state index is 12.1. The molecule has 2 atom stereocenters. The molecule has 2 aromatic rings. The van der Waals surface area contributed by atoms with Gasteiger partial charge in [-0.05, 0) is 49.9 Å². The summed E-state index contributed by atoms with van der Waals surface area (Å²) in [6, 6.07) is 15.1. The third kappa shape index (κ3) is 9.15. The van der Waals surface area contributed by atoms with Crippen LogP contribution >= 0.6 is 9.69 Å². The molecule has 4 nitrogen and oxygen atoms in total. The summed E-state index contributed by atoms with van der Waals surface area (Å²) in [4.78, 5) is 0.255. The monoisotopic (exact) mass is 538 g/mol. The van der Waals surface area contributed by atoms with Gasteiger partial charge in [0.25, 0.3) is 0 Å². The van der Waals surface area contributed by atoms with E-state index in [9.17, 15) is 8.42 Å². The SMILES string of the molecule is Cc1ccc(C(C)C)cc1.Cc1ccc(S(=O)(=O)[N-][C@@H]2CCCC[C@H]2N)cc1.[Cl][Ru+]. The first-order chi connectivity index (χ1) is 14.2. The van der Waals surface area contributed by atoms with Crippen LogP contribution in [0.4, 0.5) is 0 Å². The van der Waals surface area contributed by atoms with Crippen molar-refractivity contribution in [3.8, 4) is 0 Å². The predicted octanol–water partition coefficient (Wildman–Crippen LogP) is 6.13. The van der Waals surface area contributed by atoms with Gasteiger partial charge in [-0.2, -0.15) is 0 Å². The molecule has 0 spiro atoms. The van der Waals surface area contributed by atoms with Crippen molar-refractivity contribution in [2.75, 3.05) is 0 Å². The number of hydrogen-bond acceptors (Lipinski definition) is 3. The minimum absolute atomic E-state index is 0.126. The van der Waals surface area contributed by atoms with E-state index < -0.39 is 10.0 Å². The van der Waals surface area contributed by atoms with E-state index in [-0.39, 0.29) is 17.0 Å². The van der Waals surface area contributed by atoms with Gasteiger partial charge < -0.3 is 10.5 Å². The molecule has 1 aliphatic rings. The summed E-state index contributed by atoms with van der Waals surface area (Å²) in [7, 11) is 1.00. The van der Waals surface area contributed by atoms with E-state index in [1.54, 1.807) is 24.3 Å². The van der Waals surface area contributed by atoms with Gasteiger partial charge in [-0.1, -0.05) is 80.6 Å². The van der Waals surface area contributed by atoms with Crippen molar-refractivity contribution < 1.29 is 25.7 Å². The fourth-order valence-electron chi connectivity index (χ4n) is 3.17. The topological polar surface area (TPSA) is 74.3 Å². The van der Waals surface area contributed by atoms with E-state index in [0.717, 1.165) is 31.2 Å². The predicted molar refractivity (Wildman–Crippen MR) is 123 cm³/mol. The van der Waals surface area contributed by atoms with Gasteiger partial charge in [0, 0.05) is 4.90 Å². The van der Waals surface area contributed by atoms with Gasteiger partial charge in [-0.3, -0.25) is 0 Å². The molecule has 0 saturated heterocycles. The molecule has 2 N–H and O–H groups in total. The van der Waals surface area contributed by atoms with Gasteiger partial charge in [-0.15, -0.1) is 6.04 Å². The van der Waals surface area contributed by atoms with Gasteiger partial charge in [0.2, 0.25) is 0 Å². The first kappa shape index (κ1) is 27.3. The second-order valence-electron chi connectivity index (χ2n) is 7.97. The zero-order valence-corrected chi connectivity index (χ0v) is 21.5. The van der Waals surface area contributed by atoms with Gasteiger partial charge in [0.05, 0.1) is 0 Å². The van der Waals surface area contributed by atoms with Gasteiger partial charge in [-0.25, -0.2) is 8.42 Å². The minimum atomic E-state index is -3.56. The summed E-state index contributed by atoms with van der Waals surface area (Å²) in [5, 5.41) is 0. The van der Waals surface area contributed by atoms with Crippen LogP contribution in [0.25, 0.3) is 4.72 Å². The number of sulfonamides is 1. The first-order valence-electron chi connectivity index (χ1n) is 10.2. The molecule has 0 unspecified atom stereocenters. The van der Waals surface area contributed by atoms with E-state index in [1.807, 2.05) is 24.2 Å². The molecular formula is C23H33ClN2O2RuS. The number of halogens is 1. The molecule has 0 heterocycles. The third-order valence-electron chi connectivity index (χ3n) is 5.12. The van der Waals surface area contributed by atoms with Crippen molar-refractivity contribution in [2.45, 2.75) is 76.3 Å². The zero-order chi connectivity index (χ0) is 22.7. The molecule has 7 heteroatoms. The van der Waals surface area contributed by atoms with E-state index in [2.05, 4.69) is 59.4 Å². The van der Waals surface area contributed by atoms with Crippen LogP contribution in [0.3, 0.4) is 0 Å². The second kappa shape index (κ2) is 13.6. The maximum atomic E-state index is 12.1. The van der Waals surface area contributed by atoms with Gasteiger partial charge in [0.15, 0.2) is 0 Å². The van der Waals surface area contributed by atoms with Crippen molar-refractivity contribution in [3.63, 3.8) is 0 Å². The number of hydrogen-bond donors (Lipinski definition) is 1. The van der Waals surface area contributed by atoms with Crippen molar-refractivity contribution in [3.05, 3.63) is 69.9 Å². The summed E-state index contributed by atoms with van der Waals surface area (Å²) in [5.41, 5.74) is 9.72. The number of nitrogens with two attached hydrogens (primary N) is 1. The van der Waals surface area contributed by atoms with E-state index in [0.29, 0.717) is 5.92 Å². The summed E-state index contributed by atoms with van der Waals surface area (Å²) in [6.07, 6.45) is 3.70. The Bertz CT molecular complexity index is 841. The summed E-state index contributed by atoms with van der Waals surface area (Å²) < 4.78 is 28.3. The van der Waals surface area contributed by atoms with Crippen LogP contribution in [-0.4, -0.2) is 20.5 Å². The molecule has 0 aromatic heterocycles. The molecule has 1 aliphatic carbocycles. The Hall–Kier alpha value is -0.777. The Balaban J connectivity index is 0.000000318. The fourth-order valence-corrected chi connectivity index (χ4v) is 4.39. The van der Waals surface area contributed by atoms with Crippen LogP contribution < -0.4 is 5.73 Å². The molecule has 0 aliphatic heterocycles. The third-order valence-corrected chi connectivity index (χ3v) is 6.53. The number of benzene rings is 2. The zero-order valence-electron chi connectivity index (χ0n) is 18.2. The molecule has 168 valence electrons. The number of nitrogens with zero attached hydrogens (tertiary/aromatic N) is 1. The summed E-state index contributed by atoms with van der Waals surface area (Å²) in [6.45, 7) is 8.46. The quantitative estimate of drug-likeness (QED) is 0.476. The van der Waals surface area contributed by atoms with Crippen molar-refractivity contribution in [1.82, 2.24) is 0 Å². The standard InChI is InChI=1S/C13H19N2O2S.C10H14.ClH.Ru/c1-10-6-8-11(9-7-10)18(16,17)15-13-5-3-2-4-12(13)14;1-8(2)10-6-4-9(3)5-7-10;;/h6-9,12-13H,2-5,14H2,1H3;4-8H,1-3H3;1H;/q-1;;;+2/p-1/t12-,13-;;;/m1.../s1. The number of rotatable bonds is 4. The van der Waals surface area contributed by atoms with Crippen LogP contribution in [0.5, 0.6) is 0 Å². The average molecular weight is 538 g/mol. The number of aryl methyl sites for hydroxylation is 2. The van der Waals surface area contributed by atoms with Crippen LogP contribution in [0.15, 0.2) is 53.4 Å². The van der Waals surface area contributed by atoms with Crippen LogP contribution in [0.1, 0.15) is 62.1 Å². The molecule has 2 aromatic carbocycles. The van der Waals surface area contributed by atoms with Crippen molar-refractivity contribution in [1.29, 1.82) is 0 Å². The molecule has 1 saturated carbocycles. The van der Waals surface area contributed by atoms with Gasteiger partial charge in [0.1, 0.15) is 10.0 Å². The normalized spacial score (nSPS) is 18.7. The molecule has 30 heavy (non-hydrogen) atoms. The molecule has 0 radical (unpaired) electrons. The van der Waals surface area contributed by atoms with Gasteiger partial charge >= 0.3 is 27.0 Å². The van der Waals surface area contributed by atoms with E-state index in [1.165, 1.54) is 11.1 Å². The first-order valence-corrected chi connectivity index (χ1v) is 13.9. The van der Waals surface area contributed by atoms with Crippen LogP contribution in [0.2, 0.25) is 0 Å². The molecule has 3 rings (SSSR count). The van der Waals surface area contributed by atoms with E-state index in [4.69, 9.17) is 5.73 Å². The summed E-state index contributed by atoms with van der Waals surface area (Å²) >= 11 is 1.82. The fraction of sp³-hybridized carbons (Fsp3) is 0.478. The Morgan fingerprint density at radius 3 is 1.87 bits per heavy atom. The Labute approximate surface area is 196 Å². The van der Waals surface area contributed by atoms with Crippen molar-refractivity contribution >= 4 is 19.7 Å².